The zero-order chi connectivity index (χ0) is 22.4. The molecule has 2 aromatic carbocycles. The van der Waals surface area contributed by atoms with Gasteiger partial charge in [-0.25, -0.2) is 9.37 Å². The number of hydrogen-bond donors (Lipinski definition) is 1. The number of rotatable bonds is 3. The first kappa shape index (κ1) is 20.8. The number of nitrogen functional groups attached to an aromatic ring is 1. The zero-order valence-corrected chi connectivity index (χ0v) is 18.8. The summed E-state index contributed by atoms with van der Waals surface area (Å²) in [5.74, 6) is 0.531. The van der Waals surface area contributed by atoms with Gasteiger partial charge >= 0.3 is 0 Å². The van der Waals surface area contributed by atoms with E-state index in [0.717, 1.165) is 18.8 Å². The van der Waals surface area contributed by atoms with Gasteiger partial charge in [0.1, 0.15) is 11.6 Å². The van der Waals surface area contributed by atoms with Crippen LogP contribution in [0, 0.1) is 5.82 Å². The van der Waals surface area contributed by atoms with Crippen LogP contribution in [0.15, 0.2) is 42.5 Å². The molecule has 1 saturated heterocycles. The highest BCUT2D eigenvalue weighted by molar-refractivity contribution is 6.42. The Kier molecular flexibility index (Phi) is 5.27. The predicted molar refractivity (Wildman–Crippen MR) is 127 cm³/mol. The molecule has 1 aliphatic heterocycles. The van der Waals surface area contributed by atoms with Gasteiger partial charge < -0.3 is 15.5 Å². The molecule has 0 aliphatic carbocycles. The molecule has 7 nitrogen and oxygen atoms in total. The Morgan fingerprint density at radius 3 is 2.38 bits per heavy atom. The maximum atomic E-state index is 14.6. The van der Waals surface area contributed by atoms with Gasteiger partial charge in [-0.1, -0.05) is 35.3 Å². The van der Waals surface area contributed by atoms with Gasteiger partial charge in [0.05, 0.1) is 21.1 Å². The summed E-state index contributed by atoms with van der Waals surface area (Å²) in [6, 6.07) is 12.1. The smallest absolute Gasteiger partial charge is 0.228 e. The molecule has 10 heteroatoms. The molecule has 5 rings (SSSR count). The van der Waals surface area contributed by atoms with Crippen LogP contribution in [0.4, 0.5) is 21.8 Å². The maximum Gasteiger partial charge on any atom is 0.228 e. The molecule has 1 aliphatic rings. The number of hydrogen-bond acceptors (Lipinski definition) is 6. The second kappa shape index (κ2) is 8.11. The number of anilines is 3. The number of fused-ring (bicyclic) bond motifs is 1. The topological polar surface area (TPSA) is 76.1 Å². The van der Waals surface area contributed by atoms with Crippen molar-refractivity contribution >= 4 is 51.7 Å². The molecule has 2 N–H and O–H groups in total. The second-order valence-corrected chi connectivity index (χ2v) is 8.45. The number of nitrogens with zero attached hydrogens (tertiary/aromatic N) is 6. The molecule has 164 valence electrons. The first-order valence-corrected chi connectivity index (χ1v) is 10.9. The molecule has 3 heterocycles. The molecular formula is C22H20Cl2FN7. The summed E-state index contributed by atoms with van der Waals surface area (Å²) in [6.07, 6.45) is 0. The van der Waals surface area contributed by atoms with E-state index in [-0.39, 0.29) is 5.82 Å². The van der Waals surface area contributed by atoms with E-state index in [1.165, 1.54) is 10.7 Å². The standard InChI is InChI=1S/C22H20Cl2FN7/c1-30-20(26)18-19(14-4-2-3-5-17(14)25)27-22(28-21(18)29-30)32-10-8-31(9-11-32)13-6-7-15(23)16(24)12-13/h2-7,12H,8-11,26H2,1H3. The van der Waals surface area contributed by atoms with Crippen LogP contribution in [0.25, 0.3) is 22.3 Å². The Balaban J connectivity index is 1.49. The fraction of sp³-hybridized carbons (Fsp3) is 0.227. The third-order valence-corrected chi connectivity index (χ3v) is 6.43. The summed E-state index contributed by atoms with van der Waals surface area (Å²) in [4.78, 5) is 13.7. The first-order chi connectivity index (χ1) is 15.4. The van der Waals surface area contributed by atoms with E-state index in [9.17, 15) is 4.39 Å². The maximum absolute atomic E-state index is 14.6. The van der Waals surface area contributed by atoms with Crippen molar-refractivity contribution in [3.63, 3.8) is 0 Å². The van der Waals surface area contributed by atoms with Crippen LogP contribution in [0.3, 0.4) is 0 Å². The van der Waals surface area contributed by atoms with Gasteiger partial charge in [-0.2, -0.15) is 10.1 Å². The van der Waals surface area contributed by atoms with Gasteiger partial charge in [0.25, 0.3) is 0 Å². The number of benzene rings is 2. The van der Waals surface area contributed by atoms with Crippen LogP contribution in [-0.2, 0) is 7.05 Å². The number of nitrogens with two attached hydrogens (primary N) is 1. The Bertz CT molecular complexity index is 1320. The Hall–Kier alpha value is -3.10. The highest BCUT2D eigenvalue weighted by Crippen LogP contribution is 2.34. The number of aryl methyl sites for hydroxylation is 1. The van der Waals surface area contributed by atoms with E-state index in [0.29, 0.717) is 57.2 Å². The lowest BCUT2D eigenvalue weighted by atomic mass is 10.1. The van der Waals surface area contributed by atoms with Crippen LogP contribution in [0.1, 0.15) is 0 Å². The molecule has 0 spiro atoms. The third-order valence-electron chi connectivity index (χ3n) is 5.69. The van der Waals surface area contributed by atoms with E-state index >= 15 is 0 Å². The van der Waals surface area contributed by atoms with Crippen molar-refractivity contribution in [2.24, 2.45) is 7.05 Å². The summed E-state index contributed by atoms with van der Waals surface area (Å²) in [5, 5.41) is 6.03. The molecule has 0 atom stereocenters. The van der Waals surface area contributed by atoms with Crippen molar-refractivity contribution in [3.8, 4) is 11.3 Å². The fourth-order valence-corrected chi connectivity index (χ4v) is 4.23. The van der Waals surface area contributed by atoms with Gasteiger partial charge in [-0.15, -0.1) is 0 Å². The summed E-state index contributed by atoms with van der Waals surface area (Å²) in [7, 11) is 1.73. The van der Waals surface area contributed by atoms with Gasteiger partial charge in [0.2, 0.25) is 5.95 Å². The van der Waals surface area contributed by atoms with Crippen LogP contribution in [0.5, 0.6) is 0 Å². The van der Waals surface area contributed by atoms with Crippen LogP contribution in [0.2, 0.25) is 10.0 Å². The molecule has 32 heavy (non-hydrogen) atoms. The summed E-state index contributed by atoms with van der Waals surface area (Å²) >= 11 is 12.2. The predicted octanol–water partition coefficient (Wildman–Crippen LogP) is 4.39. The lowest BCUT2D eigenvalue weighted by Gasteiger charge is -2.36. The Morgan fingerprint density at radius 1 is 0.938 bits per heavy atom. The number of aromatic nitrogens is 4. The average Bonchev–Trinajstić information content (AvgIpc) is 3.09. The van der Waals surface area contributed by atoms with E-state index < -0.39 is 0 Å². The quantitative estimate of drug-likeness (QED) is 0.477. The monoisotopic (exact) mass is 471 g/mol. The first-order valence-electron chi connectivity index (χ1n) is 10.1. The molecule has 0 bridgehead atoms. The minimum Gasteiger partial charge on any atom is -0.383 e. The SMILES string of the molecule is Cn1nc2nc(N3CCN(c4ccc(Cl)c(Cl)c4)CC3)nc(-c3ccccc3F)c2c1N. The van der Waals surface area contributed by atoms with Gasteiger partial charge in [-0.05, 0) is 30.3 Å². The highest BCUT2D eigenvalue weighted by Gasteiger charge is 2.24. The Labute approximate surface area is 194 Å². The minimum atomic E-state index is -0.369. The lowest BCUT2D eigenvalue weighted by molar-refractivity contribution is 0.629. The summed E-state index contributed by atoms with van der Waals surface area (Å²) in [5.41, 5.74) is 8.49. The highest BCUT2D eigenvalue weighted by atomic mass is 35.5. The van der Waals surface area contributed by atoms with E-state index in [1.54, 1.807) is 31.3 Å². The van der Waals surface area contributed by atoms with E-state index in [4.69, 9.17) is 33.9 Å². The Morgan fingerprint density at radius 2 is 1.66 bits per heavy atom. The zero-order valence-electron chi connectivity index (χ0n) is 17.3. The van der Waals surface area contributed by atoms with Crippen molar-refractivity contribution in [2.45, 2.75) is 0 Å². The molecule has 1 fully saturated rings. The summed E-state index contributed by atoms with van der Waals surface area (Å²) in [6.45, 7) is 2.87. The lowest BCUT2D eigenvalue weighted by Crippen LogP contribution is -2.47. The number of halogens is 3. The molecule has 0 amide bonds. The molecular weight excluding hydrogens is 452 g/mol. The van der Waals surface area contributed by atoms with Crippen LogP contribution < -0.4 is 15.5 Å². The molecule has 0 radical (unpaired) electrons. The molecule has 0 unspecified atom stereocenters. The van der Waals surface area contributed by atoms with Crippen LogP contribution in [-0.4, -0.2) is 45.9 Å². The fourth-order valence-electron chi connectivity index (χ4n) is 3.94. The van der Waals surface area contributed by atoms with E-state index in [2.05, 4.69) is 19.9 Å². The molecule has 0 saturated carbocycles. The van der Waals surface area contributed by atoms with Crippen molar-refractivity contribution < 1.29 is 4.39 Å². The van der Waals surface area contributed by atoms with Crippen molar-refractivity contribution in [1.29, 1.82) is 0 Å². The average molecular weight is 472 g/mol. The number of piperazine rings is 1. The largest absolute Gasteiger partial charge is 0.383 e. The van der Waals surface area contributed by atoms with Crippen molar-refractivity contribution in [2.75, 3.05) is 41.7 Å². The second-order valence-electron chi connectivity index (χ2n) is 7.63. The summed E-state index contributed by atoms with van der Waals surface area (Å²) < 4.78 is 16.2. The van der Waals surface area contributed by atoms with Crippen molar-refractivity contribution in [1.82, 2.24) is 19.7 Å². The van der Waals surface area contributed by atoms with Crippen LogP contribution >= 0.6 is 23.2 Å². The third kappa shape index (κ3) is 3.59. The van der Waals surface area contributed by atoms with E-state index in [1.807, 2.05) is 12.1 Å². The van der Waals surface area contributed by atoms with Gasteiger partial charge in [-0.3, -0.25) is 4.68 Å². The normalized spacial score (nSPS) is 14.4. The van der Waals surface area contributed by atoms with Gasteiger partial charge in [0.15, 0.2) is 5.65 Å². The molecule has 2 aromatic heterocycles. The van der Waals surface area contributed by atoms with Crippen molar-refractivity contribution in [3.05, 3.63) is 58.3 Å². The van der Waals surface area contributed by atoms with Gasteiger partial charge in [0, 0.05) is 44.5 Å². The molecule has 4 aromatic rings. The minimum absolute atomic E-state index is 0.369.